The molecule has 1 heterocycles. The molecule has 0 amide bonds. The Morgan fingerprint density at radius 3 is 2.71 bits per heavy atom. The van der Waals surface area contributed by atoms with E-state index >= 15 is 0 Å². The van der Waals surface area contributed by atoms with Gasteiger partial charge in [-0.15, -0.1) is 0 Å². The van der Waals surface area contributed by atoms with Crippen molar-refractivity contribution in [2.24, 2.45) is 11.8 Å². The van der Waals surface area contributed by atoms with E-state index < -0.39 is 0 Å². The van der Waals surface area contributed by atoms with Crippen molar-refractivity contribution < 1.29 is 9.53 Å². The minimum Gasteiger partial charge on any atom is -0.462 e. The maximum absolute atomic E-state index is 11.4. The van der Waals surface area contributed by atoms with Gasteiger partial charge in [0.25, 0.3) is 0 Å². The van der Waals surface area contributed by atoms with Crippen LogP contribution in [-0.4, -0.2) is 16.5 Å². The molecule has 0 N–H and O–H groups in total. The molecular weight excluding hydrogens is 291 g/mol. The van der Waals surface area contributed by atoms with E-state index in [1.54, 1.807) is 0 Å². The summed E-state index contributed by atoms with van der Waals surface area (Å²) in [6, 6.07) is 0. The molecule has 1 aliphatic heterocycles. The first-order valence-electron chi connectivity index (χ1n) is 5.47. The zero-order valence-corrected chi connectivity index (χ0v) is 11.1. The third kappa shape index (κ3) is 2.84. The van der Waals surface area contributed by atoms with Crippen LogP contribution in [0, 0.1) is 11.8 Å². The lowest BCUT2D eigenvalue weighted by Gasteiger charge is -2.16. The molecule has 0 saturated carbocycles. The molecule has 1 aliphatic rings. The minimum atomic E-state index is 0.00756. The lowest BCUT2D eigenvalue weighted by Crippen LogP contribution is -2.20. The van der Waals surface area contributed by atoms with E-state index in [0.29, 0.717) is 5.92 Å². The Balaban J connectivity index is 2.40. The number of hydrogen-bond donors (Lipinski definition) is 0. The van der Waals surface area contributed by atoms with E-state index in [9.17, 15) is 4.79 Å². The van der Waals surface area contributed by atoms with Gasteiger partial charge in [0.1, 0.15) is 6.10 Å². The molecule has 0 aromatic carbocycles. The van der Waals surface area contributed by atoms with Gasteiger partial charge in [0, 0.05) is 10.3 Å². The molecular formula is C11H19IO2. The summed E-state index contributed by atoms with van der Waals surface area (Å²) >= 11 is 2.36. The fourth-order valence-corrected chi connectivity index (χ4v) is 3.27. The van der Waals surface area contributed by atoms with Crippen LogP contribution in [0.1, 0.15) is 39.5 Å². The highest BCUT2D eigenvalue weighted by atomic mass is 127. The summed E-state index contributed by atoms with van der Waals surface area (Å²) in [5.41, 5.74) is 0. The molecule has 3 atom stereocenters. The number of carbonyl (C=O) groups is 1. The standard InChI is InChI=1S/C11H19IO2/c1-3-4-5-6-10-9(7-12)8(2)11(13)14-10/h8-10H,3-7H2,1-2H3/t8?,9-,10+/m1/s1. The predicted molar refractivity (Wildman–Crippen MR) is 65.6 cm³/mol. The Bertz CT molecular complexity index is 194. The molecule has 1 saturated heterocycles. The average molecular weight is 310 g/mol. The van der Waals surface area contributed by atoms with Gasteiger partial charge >= 0.3 is 5.97 Å². The topological polar surface area (TPSA) is 26.3 Å². The molecule has 2 nitrogen and oxygen atoms in total. The van der Waals surface area contributed by atoms with Crippen LogP contribution in [-0.2, 0) is 9.53 Å². The SMILES string of the molecule is CCCCC[C@@H]1OC(=O)C(C)[C@H]1CI. The van der Waals surface area contributed by atoms with Crippen LogP contribution in [0.15, 0.2) is 0 Å². The second-order valence-corrected chi connectivity index (χ2v) is 4.96. The number of rotatable bonds is 5. The van der Waals surface area contributed by atoms with Gasteiger partial charge in [0.2, 0.25) is 0 Å². The number of ether oxygens (including phenoxy) is 1. The van der Waals surface area contributed by atoms with E-state index in [1.807, 2.05) is 6.92 Å². The Labute approximate surface area is 99.9 Å². The lowest BCUT2D eigenvalue weighted by molar-refractivity contribution is -0.144. The maximum Gasteiger partial charge on any atom is 0.309 e. The van der Waals surface area contributed by atoms with Crippen LogP contribution >= 0.6 is 22.6 Å². The molecule has 0 bridgehead atoms. The fraction of sp³-hybridized carbons (Fsp3) is 0.909. The number of cyclic esters (lactones) is 1. The van der Waals surface area contributed by atoms with E-state index in [4.69, 9.17) is 4.74 Å². The smallest absolute Gasteiger partial charge is 0.309 e. The Kier molecular flexibility index (Phi) is 5.20. The van der Waals surface area contributed by atoms with Crippen molar-refractivity contribution in [3.05, 3.63) is 0 Å². The molecule has 0 aromatic heterocycles. The normalized spacial score (nSPS) is 31.9. The van der Waals surface area contributed by atoms with Gasteiger partial charge in [0.05, 0.1) is 5.92 Å². The molecule has 0 spiro atoms. The quantitative estimate of drug-likeness (QED) is 0.337. The average Bonchev–Trinajstić information content (AvgIpc) is 2.43. The van der Waals surface area contributed by atoms with E-state index in [1.165, 1.54) is 19.3 Å². The van der Waals surface area contributed by atoms with Crippen molar-refractivity contribution in [2.75, 3.05) is 4.43 Å². The van der Waals surface area contributed by atoms with Crippen LogP contribution < -0.4 is 0 Å². The van der Waals surface area contributed by atoms with Crippen molar-refractivity contribution in [1.29, 1.82) is 0 Å². The number of unbranched alkanes of at least 4 members (excludes halogenated alkanes) is 2. The zero-order chi connectivity index (χ0) is 10.6. The van der Waals surface area contributed by atoms with Crippen LogP contribution in [0.4, 0.5) is 0 Å². The lowest BCUT2D eigenvalue weighted by atomic mass is 9.91. The van der Waals surface area contributed by atoms with Gasteiger partial charge in [-0.05, 0) is 12.8 Å². The second kappa shape index (κ2) is 5.93. The fourth-order valence-electron chi connectivity index (χ4n) is 1.94. The minimum absolute atomic E-state index is 0.00756. The van der Waals surface area contributed by atoms with Gasteiger partial charge in [-0.25, -0.2) is 0 Å². The number of halogens is 1. The number of hydrogen-bond acceptors (Lipinski definition) is 2. The Hall–Kier alpha value is 0.200. The summed E-state index contributed by atoms with van der Waals surface area (Å²) < 4.78 is 6.41. The summed E-state index contributed by atoms with van der Waals surface area (Å²) in [7, 11) is 0. The molecule has 1 rings (SSSR count). The molecule has 0 aromatic rings. The van der Waals surface area contributed by atoms with Crippen molar-refractivity contribution in [3.8, 4) is 0 Å². The first-order valence-corrected chi connectivity index (χ1v) is 6.99. The molecule has 0 aliphatic carbocycles. The maximum atomic E-state index is 11.4. The van der Waals surface area contributed by atoms with Crippen molar-refractivity contribution in [2.45, 2.75) is 45.6 Å². The first-order chi connectivity index (χ1) is 6.70. The number of carbonyl (C=O) groups excluding carboxylic acids is 1. The van der Waals surface area contributed by atoms with E-state index in [-0.39, 0.29) is 18.0 Å². The summed E-state index contributed by atoms with van der Waals surface area (Å²) in [5, 5.41) is 0. The van der Waals surface area contributed by atoms with E-state index in [0.717, 1.165) is 10.8 Å². The predicted octanol–water partition coefficient (Wildman–Crippen LogP) is 3.18. The van der Waals surface area contributed by atoms with E-state index in [2.05, 4.69) is 29.5 Å². The summed E-state index contributed by atoms with van der Waals surface area (Å²) in [6.45, 7) is 4.19. The van der Waals surface area contributed by atoms with Crippen LogP contribution in [0.5, 0.6) is 0 Å². The summed E-state index contributed by atoms with van der Waals surface area (Å²) in [4.78, 5) is 11.4. The van der Waals surface area contributed by atoms with Gasteiger partial charge in [-0.1, -0.05) is 49.3 Å². The largest absolute Gasteiger partial charge is 0.462 e. The summed E-state index contributed by atoms with van der Waals surface area (Å²) in [6.07, 6.45) is 4.91. The zero-order valence-electron chi connectivity index (χ0n) is 8.96. The summed E-state index contributed by atoms with van der Waals surface area (Å²) in [5.74, 6) is 0.562. The molecule has 82 valence electrons. The van der Waals surface area contributed by atoms with Crippen LogP contribution in [0.2, 0.25) is 0 Å². The highest BCUT2D eigenvalue weighted by molar-refractivity contribution is 14.1. The van der Waals surface area contributed by atoms with Crippen molar-refractivity contribution in [1.82, 2.24) is 0 Å². The molecule has 3 heteroatoms. The Morgan fingerprint density at radius 1 is 1.43 bits per heavy atom. The third-order valence-corrected chi connectivity index (χ3v) is 4.05. The molecule has 14 heavy (non-hydrogen) atoms. The highest BCUT2D eigenvalue weighted by Gasteiger charge is 2.40. The second-order valence-electron chi connectivity index (χ2n) is 4.08. The highest BCUT2D eigenvalue weighted by Crippen LogP contribution is 2.32. The van der Waals surface area contributed by atoms with Gasteiger partial charge in [-0.2, -0.15) is 0 Å². The first kappa shape index (κ1) is 12.3. The van der Waals surface area contributed by atoms with Gasteiger partial charge in [-0.3, -0.25) is 4.79 Å². The Morgan fingerprint density at radius 2 is 2.14 bits per heavy atom. The van der Waals surface area contributed by atoms with Crippen molar-refractivity contribution >= 4 is 28.6 Å². The molecule has 1 unspecified atom stereocenters. The molecule has 1 fully saturated rings. The number of esters is 1. The molecule has 0 radical (unpaired) electrons. The monoisotopic (exact) mass is 310 g/mol. The van der Waals surface area contributed by atoms with Crippen LogP contribution in [0.25, 0.3) is 0 Å². The van der Waals surface area contributed by atoms with Crippen LogP contribution in [0.3, 0.4) is 0 Å². The van der Waals surface area contributed by atoms with Gasteiger partial charge in [0.15, 0.2) is 0 Å². The van der Waals surface area contributed by atoms with Crippen molar-refractivity contribution in [3.63, 3.8) is 0 Å². The number of alkyl halides is 1. The van der Waals surface area contributed by atoms with Gasteiger partial charge < -0.3 is 4.74 Å². The third-order valence-electron chi connectivity index (χ3n) is 3.03.